The van der Waals surface area contributed by atoms with Gasteiger partial charge in [-0.25, -0.2) is 13.4 Å². The van der Waals surface area contributed by atoms with Crippen molar-refractivity contribution in [2.45, 2.75) is 56.8 Å². The first-order valence-corrected chi connectivity index (χ1v) is 12.3. The molecule has 1 amide bonds. The normalized spacial score (nSPS) is 16.5. The number of benzene rings is 1. The fraction of sp³-hybridized carbons (Fsp3) is 0.478. The lowest BCUT2D eigenvalue weighted by atomic mass is 10.1. The molecule has 0 aliphatic carbocycles. The molecule has 1 aromatic heterocycles. The zero-order chi connectivity index (χ0) is 22.4. The van der Waals surface area contributed by atoms with E-state index in [1.54, 1.807) is 33.9 Å². The second-order valence-electron chi connectivity index (χ2n) is 8.18. The average Bonchev–Trinajstić information content (AvgIpc) is 3.38. The van der Waals surface area contributed by atoms with Gasteiger partial charge in [0.05, 0.1) is 30.3 Å². The van der Waals surface area contributed by atoms with Crippen LogP contribution in [-0.2, 0) is 38.2 Å². The topological polar surface area (TPSA) is 81.5 Å². The van der Waals surface area contributed by atoms with E-state index in [9.17, 15) is 13.2 Å². The van der Waals surface area contributed by atoms with E-state index >= 15 is 0 Å². The van der Waals surface area contributed by atoms with Crippen LogP contribution in [0.1, 0.15) is 37.9 Å². The second-order valence-corrected chi connectivity index (χ2v) is 10.1. The maximum absolute atomic E-state index is 13.1. The minimum Gasteiger partial charge on any atom is -0.376 e. The van der Waals surface area contributed by atoms with Gasteiger partial charge in [0.2, 0.25) is 20.9 Å². The first-order chi connectivity index (χ1) is 14.8. The molecule has 7 nitrogen and oxygen atoms in total. The molecule has 1 aliphatic heterocycles. The van der Waals surface area contributed by atoms with Crippen molar-refractivity contribution in [3.63, 3.8) is 0 Å². The molecule has 3 rings (SSSR count). The Balaban J connectivity index is 1.88. The molecule has 1 unspecified atom stereocenters. The summed E-state index contributed by atoms with van der Waals surface area (Å²) in [5.41, 5.74) is 1.37. The number of nitrogens with zero attached hydrogens (tertiary/aromatic N) is 3. The molecule has 8 heteroatoms. The van der Waals surface area contributed by atoms with Crippen LogP contribution in [-0.4, -0.2) is 48.0 Å². The number of aromatic nitrogens is 2. The second kappa shape index (κ2) is 10.2. The molecule has 0 radical (unpaired) electrons. The minimum absolute atomic E-state index is 0.000292. The van der Waals surface area contributed by atoms with Gasteiger partial charge < -0.3 is 14.2 Å². The highest BCUT2D eigenvalue weighted by atomic mass is 32.2. The zero-order valence-corrected chi connectivity index (χ0v) is 19.1. The number of hydrogen-bond donors (Lipinski definition) is 0. The van der Waals surface area contributed by atoms with E-state index in [4.69, 9.17) is 4.74 Å². The van der Waals surface area contributed by atoms with Crippen LogP contribution >= 0.6 is 0 Å². The van der Waals surface area contributed by atoms with Crippen molar-refractivity contribution >= 4 is 15.7 Å². The molecular weight excluding hydrogens is 414 g/mol. The first-order valence-electron chi connectivity index (χ1n) is 10.6. The monoisotopic (exact) mass is 445 g/mol. The average molecular weight is 446 g/mol. The SMILES string of the molecule is C=CCn1c(CN(CC2CCCO2)C(=O)C(C)C)cnc1S(=O)(=O)Cc1ccccc1. The number of allylic oxidation sites excluding steroid dienone is 1. The lowest BCUT2D eigenvalue weighted by molar-refractivity contribution is -0.136. The summed E-state index contributed by atoms with van der Waals surface area (Å²) in [5, 5.41) is 0.000292. The summed E-state index contributed by atoms with van der Waals surface area (Å²) >= 11 is 0. The number of imidazole rings is 1. The number of sulfone groups is 1. The van der Waals surface area contributed by atoms with E-state index in [1.165, 1.54) is 0 Å². The molecule has 0 spiro atoms. The van der Waals surface area contributed by atoms with Gasteiger partial charge in [-0.1, -0.05) is 50.3 Å². The summed E-state index contributed by atoms with van der Waals surface area (Å²) in [6.07, 6.45) is 5.12. The zero-order valence-electron chi connectivity index (χ0n) is 18.2. The summed E-state index contributed by atoms with van der Waals surface area (Å²) in [6.45, 7) is 9.26. The molecule has 1 saturated heterocycles. The quantitative estimate of drug-likeness (QED) is 0.525. The molecule has 1 fully saturated rings. The van der Waals surface area contributed by atoms with Crippen LogP contribution in [0.2, 0.25) is 0 Å². The van der Waals surface area contributed by atoms with E-state index in [0.29, 0.717) is 31.0 Å². The van der Waals surface area contributed by atoms with Crippen molar-refractivity contribution in [3.8, 4) is 0 Å². The van der Waals surface area contributed by atoms with Gasteiger partial charge >= 0.3 is 0 Å². The van der Waals surface area contributed by atoms with E-state index in [0.717, 1.165) is 12.8 Å². The first kappa shape index (κ1) is 23.2. The molecule has 168 valence electrons. The smallest absolute Gasteiger partial charge is 0.228 e. The third kappa shape index (κ3) is 5.83. The fourth-order valence-electron chi connectivity index (χ4n) is 3.78. The molecule has 1 atom stereocenters. The van der Waals surface area contributed by atoms with Crippen molar-refractivity contribution in [1.82, 2.24) is 14.5 Å². The van der Waals surface area contributed by atoms with Crippen LogP contribution in [0.15, 0.2) is 54.3 Å². The van der Waals surface area contributed by atoms with E-state index in [1.807, 2.05) is 32.0 Å². The molecule has 0 saturated carbocycles. The third-order valence-corrected chi connectivity index (χ3v) is 6.89. The van der Waals surface area contributed by atoms with Crippen LogP contribution in [0.5, 0.6) is 0 Å². The van der Waals surface area contributed by atoms with Crippen LogP contribution in [0, 0.1) is 5.92 Å². The third-order valence-electron chi connectivity index (χ3n) is 5.30. The standard InChI is InChI=1S/C23H31N3O4S/c1-4-12-26-20(15-25(22(27)18(2)3)16-21-11-8-13-30-21)14-24-23(26)31(28,29)17-19-9-6-5-7-10-19/h4-7,9-10,14,18,21H,1,8,11-13,15-17H2,2-3H3. The Hall–Kier alpha value is -2.45. The van der Waals surface area contributed by atoms with Crippen LogP contribution in [0.3, 0.4) is 0 Å². The van der Waals surface area contributed by atoms with Gasteiger partial charge in [0.15, 0.2) is 0 Å². The van der Waals surface area contributed by atoms with Gasteiger partial charge in [-0.15, -0.1) is 6.58 Å². The van der Waals surface area contributed by atoms with E-state index < -0.39 is 9.84 Å². The number of hydrogen-bond acceptors (Lipinski definition) is 5. The predicted molar refractivity (Wildman–Crippen MR) is 119 cm³/mol. The van der Waals surface area contributed by atoms with Crippen LogP contribution < -0.4 is 0 Å². The van der Waals surface area contributed by atoms with Crippen molar-refractivity contribution in [2.24, 2.45) is 5.92 Å². The number of ether oxygens (including phenoxy) is 1. The minimum atomic E-state index is -3.66. The Morgan fingerprint density at radius 3 is 2.71 bits per heavy atom. The van der Waals surface area contributed by atoms with Gasteiger partial charge in [0, 0.05) is 25.6 Å². The maximum atomic E-state index is 13.1. The number of rotatable bonds is 10. The van der Waals surface area contributed by atoms with Crippen molar-refractivity contribution in [1.29, 1.82) is 0 Å². The Morgan fingerprint density at radius 2 is 2.10 bits per heavy atom. The Morgan fingerprint density at radius 1 is 1.35 bits per heavy atom. The molecule has 31 heavy (non-hydrogen) atoms. The van der Waals surface area contributed by atoms with Gasteiger partial charge in [-0.2, -0.15) is 0 Å². The highest BCUT2D eigenvalue weighted by molar-refractivity contribution is 7.90. The summed E-state index contributed by atoms with van der Waals surface area (Å²) in [5.74, 6) is -0.291. The van der Waals surface area contributed by atoms with Crippen LogP contribution in [0.4, 0.5) is 0 Å². The van der Waals surface area contributed by atoms with E-state index in [2.05, 4.69) is 11.6 Å². The maximum Gasteiger partial charge on any atom is 0.228 e. The summed E-state index contributed by atoms with van der Waals surface area (Å²) in [6, 6.07) is 9.04. The molecule has 0 bridgehead atoms. The largest absolute Gasteiger partial charge is 0.376 e. The lowest BCUT2D eigenvalue weighted by Crippen LogP contribution is -2.39. The summed E-state index contributed by atoms with van der Waals surface area (Å²) < 4.78 is 33.6. The Bertz CT molecular complexity index is 993. The molecule has 2 aromatic rings. The van der Waals surface area contributed by atoms with Crippen molar-refractivity contribution in [3.05, 3.63) is 60.4 Å². The van der Waals surface area contributed by atoms with Gasteiger partial charge in [-0.3, -0.25) is 4.79 Å². The summed E-state index contributed by atoms with van der Waals surface area (Å²) in [7, 11) is -3.66. The highest BCUT2D eigenvalue weighted by Crippen LogP contribution is 2.21. The van der Waals surface area contributed by atoms with Crippen molar-refractivity contribution in [2.75, 3.05) is 13.2 Å². The Labute approximate surface area is 184 Å². The predicted octanol–water partition coefficient (Wildman–Crippen LogP) is 3.21. The molecule has 1 aromatic carbocycles. The molecule has 1 aliphatic rings. The summed E-state index contributed by atoms with van der Waals surface area (Å²) in [4.78, 5) is 18.9. The van der Waals surface area contributed by atoms with E-state index in [-0.39, 0.29) is 35.4 Å². The molecule has 0 N–H and O–H groups in total. The number of amides is 1. The van der Waals surface area contributed by atoms with Gasteiger partial charge in [0.1, 0.15) is 0 Å². The fourth-order valence-corrected chi connectivity index (χ4v) is 5.28. The number of carbonyl (C=O) groups is 1. The van der Waals surface area contributed by atoms with Crippen LogP contribution in [0.25, 0.3) is 0 Å². The van der Waals surface area contributed by atoms with Crippen molar-refractivity contribution < 1.29 is 17.9 Å². The highest BCUT2D eigenvalue weighted by Gasteiger charge is 2.28. The van der Waals surface area contributed by atoms with Gasteiger partial charge in [0.25, 0.3) is 0 Å². The molecular formula is C23H31N3O4S. The molecule has 2 heterocycles. The number of carbonyl (C=O) groups excluding carboxylic acids is 1. The Kier molecular flexibility index (Phi) is 7.67. The van der Waals surface area contributed by atoms with Gasteiger partial charge in [-0.05, 0) is 18.4 Å². The lowest BCUT2D eigenvalue weighted by Gasteiger charge is -2.27.